The second kappa shape index (κ2) is 16.1. The van der Waals surface area contributed by atoms with E-state index in [-0.39, 0.29) is 56.2 Å². The first-order valence-electron chi connectivity index (χ1n) is 3.74. The van der Waals surface area contributed by atoms with Crippen LogP contribution in [0.1, 0.15) is 27.7 Å². The normalized spacial score (nSPS) is 10.8. The zero-order valence-corrected chi connectivity index (χ0v) is 14.6. The summed E-state index contributed by atoms with van der Waals surface area (Å²) in [6.45, 7) is 3.78. The summed E-state index contributed by atoms with van der Waals surface area (Å²) >= 11 is 0. The van der Waals surface area contributed by atoms with Crippen molar-refractivity contribution in [1.82, 2.24) is 0 Å². The monoisotopic (exact) mass is 547 g/mol. The Kier molecular flexibility index (Phi) is 29.7. The van der Waals surface area contributed by atoms with Gasteiger partial charge >= 0.3 is 0 Å². The molecule has 1 atom stereocenters. The summed E-state index contributed by atoms with van der Waals surface area (Å²) < 4.78 is 11.9. The van der Waals surface area contributed by atoms with E-state index >= 15 is 0 Å². The minimum absolute atomic E-state index is 0. The zero-order valence-electron chi connectivity index (χ0n) is 7.73. The van der Waals surface area contributed by atoms with Crippen LogP contribution in [0.5, 0.6) is 0 Å². The molecule has 0 aromatic heterocycles. The molecule has 82 valence electrons. The molecule has 0 heterocycles. The van der Waals surface area contributed by atoms with Gasteiger partial charge in [0, 0.05) is 42.1 Å². The van der Waals surface area contributed by atoms with Gasteiger partial charge in [-0.25, -0.2) is 0 Å². The Morgan fingerprint density at radius 2 is 1.85 bits per heavy atom. The third-order valence-electron chi connectivity index (χ3n) is 1.38. The van der Waals surface area contributed by atoms with E-state index in [0.29, 0.717) is 0 Å². The van der Waals surface area contributed by atoms with Crippen molar-refractivity contribution in [1.29, 1.82) is 0 Å². The van der Waals surface area contributed by atoms with Crippen molar-refractivity contribution >= 4 is 13.8 Å². The summed E-state index contributed by atoms with van der Waals surface area (Å²) in [5.74, 6) is 0.970. The van der Waals surface area contributed by atoms with Crippen LogP contribution in [-0.4, -0.2) is 25.3 Å². The molecular weight excluding hydrogens is 526 g/mol. The molecule has 0 saturated carbocycles. The summed E-state index contributed by atoms with van der Waals surface area (Å²) in [4.78, 5) is 0. The second-order valence-corrected chi connectivity index (χ2v) is 5.12. The van der Waals surface area contributed by atoms with Gasteiger partial charge in [-0.05, 0) is 12.8 Å². The van der Waals surface area contributed by atoms with Gasteiger partial charge in [0.15, 0.2) is 0 Å². The van der Waals surface area contributed by atoms with Crippen molar-refractivity contribution < 1.29 is 46.5 Å². The van der Waals surface area contributed by atoms with Crippen LogP contribution in [-0.2, 0) is 42.1 Å². The van der Waals surface area contributed by atoms with E-state index in [4.69, 9.17) is 0 Å². The average Bonchev–Trinajstić information content (AvgIpc) is 1.88. The number of halogens is 1. The molecule has 0 fully saturated rings. The molecule has 0 N–H and O–H groups in total. The molecular formula is C9H21FPW2-. The molecule has 0 aliphatic heterocycles. The fourth-order valence-electron chi connectivity index (χ4n) is 0.916. The fourth-order valence-corrected chi connectivity index (χ4v) is 2.75. The van der Waals surface area contributed by atoms with Gasteiger partial charge in [-0.15, -0.1) is 6.30 Å². The van der Waals surface area contributed by atoms with Crippen LogP contribution in [0.3, 0.4) is 0 Å². The third kappa shape index (κ3) is 16.3. The summed E-state index contributed by atoms with van der Waals surface area (Å²) in [5.41, 5.74) is 0. The first-order chi connectivity index (χ1) is 4.70. The topological polar surface area (TPSA) is 0 Å². The predicted molar refractivity (Wildman–Crippen MR) is 57.1 cm³/mol. The van der Waals surface area contributed by atoms with Gasteiger partial charge in [-0.1, -0.05) is 20.8 Å². The molecule has 0 aromatic carbocycles. The van der Waals surface area contributed by atoms with E-state index < -0.39 is 7.55 Å². The molecule has 0 nitrogen and oxygen atoms in total. The molecule has 0 saturated heterocycles. The van der Waals surface area contributed by atoms with E-state index in [0.717, 1.165) is 12.1 Å². The molecule has 0 amide bonds. The number of alkyl halides is 1. The molecule has 0 bridgehead atoms. The SMILES string of the molecule is C.C=[PH](CCC)C[C-](C)CF.[W].[W]. The van der Waals surface area contributed by atoms with Gasteiger partial charge in [-0.3, -0.25) is 10.3 Å². The Hall–Kier alpha value is 1.61. The predicted octanol–water partition coefficient (Wildman–Crippen LogP) is 3.24. The van der Waals surface area contributed by atoms with E-state index in [2.05, 4.69) is 13.2 Å². The smallest absolute Gasteiger partial charge is 0 e. The minimum Gasteiger partial charge on any atom is -0.286 e. The molecule has 0 radical (unpaired) electrons. The molecule has 13 heavy (non-hydrogen) atoms. The molecule has 0 aromatic rings. The Morgan fingerprint density at radius 1 is 1.38 bits per heavy atom. The first kappa shape index (κ1) is 24.0. The largest absolute Gasteiger partial charge is 0.286 e. The second-order valence-electron chi connectivity index (χ2n) is 2.77. The Bertz CT molecular complexity index is 110. The van der Waals surface area contributed by atoms with Crippen molar-refractivity contribution in [3.8, 4) is 0 Å². The average molecular weight is 547 g/mol. The van der Waals surface area contributed by atoms with Gasteiger partial charge in [0.2, 0.25) is 0 Å². The van der Waals surface area contributed by atoms with Crippen molar-refractivity contribution in [3.05, 3.63) is 5.92 Å². The van der Waals surface area contributed by atoms with Crippen LogP contribution in [0.2, 0.25) is 0 Å². The molecule has 1 unspecified atom stereocenters. The maximum Gasteiger partial charge on any atom is 0 e. The van der Waals surface area contributed by atoms with Crippen LogP contribution >= 0.6 is 7.55 Å². The van der Waals surface area contributed by atoms with Gasteiger partial charge in [0.1, 0.15) is 0 Å². The van der Waals surface area contributed by atoms with E-state index in [1.165, 1.54) is 12.6 Å². The van der Waals surface area contributed by atoms with E-state index in [9.17, 15) is 4.39 Å². The number of rotatable bonds is 5. The van der Waals surface area contributed by atoms with Crippen molar-refractivity contribution in [2.75, 3.05) is 19.0 Å². The Morgan fingerprint density at radius 3 is 2.15 bits per heavy atom. The number of hydrogen-bond acceptors (Lipinski definition) is 0. The number of hydrogen-bond donors (Lipinski definition) is 0. The molecule has 4 heteroatoms. The van der Waals surface area contributed by atoms with Gasteiger partial charge in [0.05, 0.1) is 0 Å². The maximum atomic E-state index is 11.9. The van der Waals surface area contributed by atoms with Gasteiger partial charge < -0.3 is 0 Å². The Labute approximate surface area is 112 Å². The fraction of sp³-hybridized carbons (Fsp3) is 0.778. The van der Waals surface area contributed by atoms with Crippen molar-refractivity contribution in [3.63, 3.8) is 0 Å². The van der Waals surface area contributed by atoms with E-state index in [1.807, 2.05) is 6.92 Å². The maximum absolute atomic E-state index is 11.9. The third-order valence-corrected chi connectivity index (χ3v) is 3.69. The molecule has 0 rings (SSSR count). The molecule has 0 spiro atoms. The Balaban J connectivity index is -0.000000135. The van der Waals surface area contributed by atoms with Gasteiger partial charge in [0.25, 0.3) is 0 Å². The van der Waals surface area contributed by atoms with Crippen molar-refractivity contribution in [2.45, 2.75) is 27.7 Å². The van der Waals surface area contributed by atoms with E-state index in [1.54, 1.807) is 0 Å². The van der Waals surface area contributed by atoms with Crippen molar-refractivity contribution in [2.24, 2.45) is 0 Å². The summed E-state index contributed by atoms with van der Waals surface area (Å²) in [6.07, 6.45) is 7.39. The zero-order chi connectivity index (χ0) is 7.98. The molecule has 0 aliphatic rings. The minimum atomic E-state index is -0.479. The quantitative estimate of drug-likeness (QED) is 0.367. The van der Waals surface area contributed by atoms with Crippen LogP contribution < -0.4 is 0 Å². The van der Waals surface area contributed by atoms with Crippen LogP contribution in [0, 0.1) is 5.92 Å². The van der Waals surface area contributed by atoms with Crippen LogP contribution in [0.4, 0.5) is 4.39 Å². The molecule has 0 aliphatic carbocycles. The first-order valence-corrected chi connectivity index (χ1v) is 5.86. The van der Waals surface area contributed by atoms with Crippen LogP contribution in [0.15, 0.2) is 0 Å². The summed E-state index contributed by atoms with van der Waals surface area (Å²) in [7, 11) is -0.479. The summed E-state index contributed by atoms with van der Waals surface area (Å²) in [6, 6.07) is 0. The van der Waals surface area contributed by atoms with Crippen LogP contribution in [0.25, 0.3) is 0 Å². The summed E-state index contributed by atoms with van der Waals surface area (Å²) in [5, 5.41) is 0. The standard InChI is InChI=1S/C8H17FP.CH4.2W/c1-4-5-10(3)7-8(2)6-9;;;/h10H,3-7H2,1-2H3;1H4;;/q-1;;;. The van der Waals surface area contributed by atoms with Gasteiger partial charge in [-0.2, -0.15) is 20.6 Å².